The number of carboxylic acids is 1. The number of rotatable bonds is 4. The highest BCUT2D eigenvalue weighted by atomic mass is 35.5. The molecule has 0 atom stereocenters. The number of hydrogen-bond acceptors (Lipinski definition) is 3. The van der Waals surface area contributed by atoms with Gasteiger partial charge in [0.2, 0.25) is 0 Å². The van der Waals surface area contributed by atoms with Crippen LogP contribution in [-0.2, 0) is 6.54 Å². The van der Waals surface area contributed by atoms with Crippen molar-refractivity contribution in [1.29, 1.82) is 0 Å². The van der Waals surface area contributed by atoms with E-state index in [1.54, 1.807) is 0 Å². The number of nitrogens with one attached hydrogen (secondary N) is 1. The summed E-state index contributed by atoms with van der Waals surface area (Å²) >= 11 is 5.95. The first-order valence-corrected chi connectivity index (χ1v) is 5.71. The molecule has 4 nitrogen and oxygen atoms in total. The molecule has 1 heterocycles. The summed E-state index contributed by atoms with van der Waals surface area (Å²) in [5, 5.41) is 12.1. The summed E-state index contributed by atoms with van der Waals surface area (Å²) in [4.78, 5) is 14.7. The lowest BCUT2D eigenvalue weighted by Crippen LogP contribution is -2.04. The van der Waals surface area contributed by atoms with Crippen molar-refractivity contribution >= 4 is 23.4 Å². The third-order valence-corrected chi connectivity index (χ3v) is 2.68. The number of carbonyl (C=O) groups is 1. The van der Waals surface area contributed by atoms with Gasteiger partial charge in [-0.3, -0.25) is 0 Å². The first-order chi connectivity index (χ1) is 8.66. The van der Waals surface area contributed by atoms with Gasteiger partial charge in [-0.15, -0.1) is 0 Å². The Kier molecular flexibility index (Phi) is 3.79. The molecule has 0 aliphatic carbocycles. The highest BCUT2D eigenvalue weighted by Crippen LogP contribution is 2.20. The van der Waals surface area contributed by atoms with Gasteiger partial charge in [-0.2, -0.15) is 0 Å². The number of hydrogen-bond donors (Lipinski definition) is 2. The summed E-state index contributed by atoms with van der Waals surface area (Å²) in [7, 11) is 0. The second-order valence-electron chi connectivity index (χ2n) is 3.70. The van der Waals surface area contributed by atoms with Crippen molar-refractivity contribution in [1.82, 2.24) is 4.98 Å². The van der Waals surface area contributed by atoms with E-state index in [1.165, 1.54) is 12.3 Å². The molecule has 5 heteroatoms. The molecule has 0 fully saturated rings. The molecule has 1 aromatic heterocycles. The zero-order valence-corrected chi connectivity index (χ0v) is 10.2. The van der Waals surface area contributed by atoms with Crippen LogP contribution in [-0.4, -0.2) is 16.1 Å². The van der Waals surface area contributed by atoms with Crippen molar-refractivity contribution in [2.45, 2.75) is 6.54 Å². The number of anilines is 1. The fourth-order valence-electron chi connectivity index (χ4n) is 1.47. The minimum atomic E-state index is -1.04. The molecule has 2 aromatic rings. The van der Waals surface area contributed by atoms with Crippen LogP contribution in [0.15, 0.2) is 42.6 Å². The van der Waals surface area contributed by atoms with Gasteiger partial charge in [0.05, 0.1) is 10.6 Å². The predicted octanol–water partition coefficient (Wildman–Crippen LogP) is 3.05. The Balaban J connectivity index is 2.08. The zero-order valence-electron chi connectivity index (χ0n) is 9.43. The van der Waals surface area contributed by atoms with Crippen molar-refractivity contribution < 1.29 is 9.90 Å². The zero-order chi connectivity index (χ0) is 13.0. The van der Waals surface area contributed by atoms with E-state index in [4.69, 9.17) is 16.7 Å². The van der Waals surface area contributed by atoms with Crippen LogP contribution in [0.25, 0.3) is 0 Å². The monoisotopic (exact) mass is 262 g/mol. The van der Waals surface area contributed by atoms with E-state index in [9.17, 15) is 4.79 Å². The van der Waals surface area contributed by atoms with E-state index in [2.05, 4.69) is 10.3 Å². The number of pyridine rings is 1. The molecule has 2 rings (SSSR count). The van der Waals surface area contributed by atoms with Crippen LogP contribution >= 0.6 is 11.6 Å². The average Bonchev–Trinajstić information content (AvgIpc) is 2.38. The number of benzene rings is 1. The van der Waals surface area contributed by atoms with E-state index < -0.39 is 5.97 Å². The Bertz CT molecular complexity index is 558. The molecule has 0 saturated carbocycles. The number of aromatic carboxylic acids is 1. The SMILES string of the molecule is O=C(O)c1cnc(NCc2ccccc2)c(Cl)c1. The Morgan fingerprint density at radius 3 is 2.67 bits per heavy atom. The van der Waals surface area contributed by atoms with Crippen molar-refractivity contribution in [2.75, 3.05) is 5.32 Å². The first kappa shape index (κ1) is 12.4. The van der Waals surface area contributed by atoms with E-state index in [0.29, 0.717) is 17.4 Å². The normalized spacial score (nSPS) is 10.1. The molecular weight excluding hydrogens is 252 g/mol. The van der Waals surface area contributed by atoms with Crippen LogP contribution < -0.4 is 5.32 Å². The van der Waals surface area contributed by atoms with Crippen LogP contribution in [0, 0.1) is 0 Å². The highest BCUT2D eigenvalue weighted by molar-refractivity contribution is 6.33. The summed E-state index contributed by atoms with van der Waals surface area (Å²) < 4.78 is 0. The fourth-order valence-corrected chi connectivity index (χ4v) is 1.70. The van der Waals surface area contributed by atoms with Gasteiger partial charge in [0, 0.05) is 12.7 Å². The topological polar surface area (TPSA) is 62.2 Å². The molecular formula is C13H11ClN2O2. The lowest BCUT2D eigenvalue weighted by atomic mass is 10.2. The van der Waals surface area contributed by atoms with Crippen LogP contribution in [0.1, 0.15) is 15.9 Å². The van der Waals surface area contributed by atoms with Crippen molar-refractivity contribution in [3.8, 4) is 0 Å². The minimum absolute atomic E-state index is 0.0743. The molecule has 0 saturated heterocycles. The van der Waals surface area contributed by atoms with E-state index in [-0.39, 0.29) is 5.56 Å². The molecule has 18 heavy (non-hydrogen) atoms. The van der Waals surface area contributed by atoms with Crippen LogP contribution in [0.5, 0.6) is 0 Å². The lowest BCUT2D eigenvalue weighted by Gasteiger charge is -2.07. The van der Waals surface area contributed by atoms with Gasteiger partial charge in [-0.05, 0) is 11.6 Å². The number of aromatic nitrogens is 1. The smallest absolute Gasteiger partial charge is 0.337 e. The van der Waals surface area contributed by atoms with Gasteiger partial charge in [0.25, 0.3) is 0 Å². The molecule has 92 valence electrons. The maximum atomic E-state index is 10.7. The van der Waals surface area contributed by atoms with Gasteiger partial charge >= 0.3 is 5.97 Å². The van der Waals surface area contributed by atoms with Gasteiger partial charge in [-0.1, -0.05) is 41.9 Å². The molecule has 0 amide bonds. The Hall–Kier alpha value is -2.07. The van der Waals surface area contributed by atoms with Crippen molar-refractivity contribution in [2.24, 2.45) is 0 Å². The van der Waals surface area contributed by atoms with Crippen molar-refractivity contribution in [3.05, 3.63) is 58.7 Å². The summed E-state index contributed by atoms with van der Waals surface area (Å²) in [6.07, 6.45) is 1.28. The Morgan fingerprint density at radius 2 is 2.06 bits per heavy atom. The average molecular weight is 263 g/mol. The Labute approximate surface area is 109 Å². The number of halogens is 1. The second-order valence-corrected chi connectivity index (χ2v) is 4.11. The van der Waals surface area contributed by atoms with Crippen LogP contribution in [0.4, 0.5) is 5.82 Å². The number of nitrogens with zero attached hydrogens (tertiary/aromatic N) is 1. The van der Waals surface area contributed by atoms with E-state index in [1.807, 2.05) is 30.3 Å². The molecule has 0 unspecified atom stereocenters. The molecule has 0 radical (unpaired) electrons. The lowest BCUT2D eigenvalue weighted by molar-refractivity contribution is 0.0696. The van der Waals surface area contributed by atoms with Gasteiger partial charge in [0.15, 0.2) is 0 Å². The van der Waals surface area contributed by atoms with E-state index in [0.717, 1.165) is 5.56 Å². The fraction of sp³-hybridized carbons (Fsp3) is 0.0769. The molecule has 0 aliphatic rings. The van der Waals surface area contributed by atoms with Crippen molar-refractivity contribution in [3.63, 3.8) is 0 Å². The summed E-state index contributed by atoms with van der Waals surface area (Å²) in [5.74, 6) is -0.565. The maximum absolute atomic E-state index is 10.7. The summed E-state index contributed by atoms with van der Waals surface area (Å²) in [6, 6.07) is 11.2. The van der Waals surface area contributed by atoms with Gasteiger partial charge in [0.1, 0.15) is 5.82 Å². The Morgan fingerprint density at radius 1 is 1.33 bits per heavy atom. The maximum Gasteiger partial charge on any atom is 0.337 e. The quantitative estimate of drug-likeness (QED) is 0.889. The molecule has 0 spiro atoms. The summed E-state index contributed by atoms with van der Waals surface area (Å²) in [5.41, 5.74) is 1.17. The predicted molar refractivity (Wildman–Crippen MR) is 70.0 cm³/mol. The largest absolute Gasteiger partial charge is 0.478 e. The molecule has 1 aromatic carbocycles. The molecule has 0 aliphatic heterocycles. The third-order valence-electron chi connectivity index (χ3n) is 2.39. The highest BCUT2D eigenvalue weighted by Gasteiger charge is 2.08. The standard InChI is InChI=1S/C13H11ClN2O2/c14-11-6-10(13(17)18)8-16-12(11)15-7-9-4-2-1-3-5-9/h1-6,8H,7H2,(H,15,16)(H,17,18). The van der Waals surface area contributed by atoms with Crippen LogP contribution in [0.2, 0.25) is 5.02 Å². The minimum Gasteiger partial charge on any atom is -0.478 e. The van der Waals surface area contributed by atoms with Gasteiger partial charge in [-0.25, -0.2) is 9.78 Å². The number of carboxylic acid groups (broad SMARTS) is 1. The molecule has 0 bridgehead atoms. The molecule has 2 N–H and O–H groups in total. The second kappa shape index (κ2) is 5.51. The third kappa shape index (κ3) is 2.99. The summed E-state index contributed by atoms with van der Waals surface area (Å²) in [6.45, 7) is 0.583. The van der Waals surface area contributed by atoms with Crippen LogP contribution in [0.3, 0.4) is 0 Å². The first-order valence-electron chi connectivity index (χ1n) is 5.33. The van der Waals surface area contributed by atoms with E-state index >= 15 is 0 Å². The van der Waals surface area contributed by atoms with Gasteiger partial charge < -0.3 is 10.4 Å².